The van der Waals surface area contributed by atoms with Gasteiger partial charge in [-0.1, -0.05) is 0 Å². The molecule has 0 aromatic heterocycles. The van der Waals surface area contributed by atoms with Gasteiger partial charge in [-0.15, -0.1) is 0 Å². The van der Waals surface area contributed by atoms with Gasteiger partial charge < -0.3 is 0 Å². The quantitative estimate of drug-likeness (QED) is 0.547. The molecule has 112 valence electrons. The van der Waals surface area contributed by atoms with Crippen LogP contribution in [0.3, 0.4) is 0 Å². The topological polar surface area (TPSA) is 0 Å². The lowest BCUT2D eigenvalue weighted by Crippen LogP contribution is -1.96. The lowest BCUT2D eigenvalue weighted by Gasteiger charge is -2.04. The summed E-state index contributed by atoms with van der Waals surface area (Å²) in [6.07, 6.45) is 1.10. The molecule has 2 aromatic carbocycles. The molecule has 0 heterocycles. The van der Waals surface area contributed by atoms with Crippen LogP contribution in [0.4, 0.5) is 17.6 Å². The van der Waals surface area contributed by atoms with Crippen LogP contribution < -0.4 is 0 Å². The number of aryl methyl sites for hydroxylation is 2. The number of benzene rings is 2. The molecule has 0 unspecified atom stereocenters. The Kier molecular flexibility index (Phi) is 5.67. The van der Waals surface area contributed by atoms with Crippen LogP contribution in [0.1, 0.15) is 11.1 Å². The van der Waals surface area contributed by atoms with Crippen LogP contribution in [-0.2, 0) is 12.8 Å². The van der Waals surface area contributed by atoms with Gasteiger partial charge in [0.2, 0.25) is 0 Å². The summed E-state index contributed by atoms with van der Waals surface area (Å²) < 4.78 is 51.9. The van der Waals surface area contributed by atoms with Crippen molar-refractivity contribution in [2.75, 3.05) is 11.5 Å². The minimum Gasteiger partial charge on any atom is -0.207 e. The van der Waals surface area contributed by atoms with Crippen molar-refractivity contribution in [1.29, 1.82) is 0 Å². The summed E-state index contributed by atoms with van der Waals surface area (Å²) in [5.74, 6) is -0.924. The first-order chi connectivity index (χ1) is 10.0. The Balaban J connectivity index is 1.74. The number of hydrogen-bond acceptors (Lipinski definition) is 1. The molecular formula is C16H14F4S. The Bertz CT molecular complexity index is 519. The predicted octanol–water partition coefficient (Wildman–Crippen LogP) is 4.76. The minimum absolute atomic E-state index is 0.552. The molecule has 0 saturated carbocycles. The van der Waals surface area contributed by atoms with Crippen molar-refractivity contribution in [3.63, 3.8) is 0 Å². The van der Waals surface area contributed by atoms with Gasteiger partial charge in [-0.3, -0.25) is 0 Å². The van der Waals surface area contributed by atoms with E-state index in [1.807, 2.05) is 0 Å². The first-order valence-corrected chi connectivity index (χ1v) is 7.66. The van der Waals surface area contributed by atoms with E-state index in [1.54, 1.807) is 11.8 Å². The SMILES string of the molecule is Fc1cc(F)cc(CCSCCc2cc(F)cc(F)c2)c1. The predicted molar refractivity (Wildman–Crippen MR) is 77.4 cm³/mol. The van der Waals surface area contributed by atoms with Crippen LogP contribution in [0.15, 0.2) is 36.4 Å². The molecule has 0 spiro atoms. The van der Waals surface area contributed by atoms with Crippen molar-refractivity contribution in [3.8, 4) is 0 Å². The zero-order chi connectivity index (χ0) is 15.2. The average Bonchev–Trinajstić information content (AvgIpc) is 2.36. The highest BCUT2D eigenvalue weighted by atomic mass is 32.2. The fourth-order valence-electron chi connectivity index (χ4n) is 1.99. The molecule has 0 aliphatic rings. The van der Waals surface area contributed by atoms with Crippen LogP contribution in [0.2, 0.25) is 0 Å². The summed E-state index contributed by atoms with van der Waals surface area (Å²) >= 11 is 1.58. The van der Waals surface area contributed by atoms with E-state index in [0.717, 1.165) is 12.1 Å². The van der Waals surface area contributed by atoms with Gasteiger partial charge in [-0.2, -0.15) is 11.8 Å². The number of halogens is 4. The maximum Gasteiger partial charge on any atom is 0.126 e. The van der Waals surface area contributed by atoms with E-state index in [-0.39, 0.29) is 0 Å². The van der Waals surface area contributed by atoms with E-state index in [4.69, 9.17) is 0 Å². The van der Waals surface area contributed by atoms with E-state index < -0.39 is 23.3 Å². The van der Waals surface area contributed by atoms with E-state index in [9.17, 15) is 17.6 Å². The fraction of sp³-hybridized carbons (Fsp3) is 0.250. The normalized spacial score (nSPS) is 10.9. The third-order valence-corrected chi connectivity index (χ3v) is 3.90. The molecular weight excluding hydrogens is 300 g/mol. The summed E-state index contributed by atoms with van der Waals surface area (Å²) in [6, 6.07) is 6.93. The molecule has 0 radical (unpaired) electrons. The van der Waals surface area contributed by atoms with Crippen LogP contribution in [0.5, 0.6) is 0 Å². The lowest BCUT2D eigenvalue weighted by atomic mass is 10.1. The van der Waals surface area contributed by atoms with Gasteiger partial charge in [0, 0.05) is 12.1 Å². The Morgan fingerprint density at radius 1 is 0.571 bits per heavy atom. The van der Waals surface area contributed by atoms with E-state index in [2.05, 4.69) is 0 Å². The van der Waals surface area contributed by atoms with Crippen molar-refractivity contribution in [2.45, 2.75) is 12.8 Å². The molecule has 0 fully saturated rings. The molecule has 0 N–H and O–H groups in total. The van der Waals surface area contributed by atoms with Gasteiger partial charge in [-0.25, -0.2) is 17.6 Å². The van der Waals surface area contributed by atoms with E-state index >= 15 is 0 Å². The first-order valence-electron chi connectivity index (χ1n) is 6.50. The molecule has 0 nitrogen and oxygen atoms in total. The Hall–Kier alpha value is -1.49. The minimum atomic E-state index is -0.578. The Morgan fingerprint density at radius 2 is 0.905 bits per heavy atom. The second-order valence-corrected chi connectivity index (χ2v) is 5.89. The zero-order valence-electron chi connectivity index (χ0n) is 11.2. The van der Waals surface area contributed by atoms with Gasteiger partial charge in [-0.05, 0) is 59.7 Å². The number of hydrogen-bond donors (Lipinski definition) is 0. The summed E-state index contributed by atoms with van der Waals surface area (Å²) in [7, 11) is 0. The molecule has 0 aliphatic heterocycles. The molecule has 5 heteroatoms. The number of thioether (sulfide) groups is 1. The highest BCUT2D eigenvalue weighted by molar-refractivity contribution is 7.99. The number of rotatable bonds is 6. The van der Waals surface area contributed by atoms with E-state index in [1.165, 1.54) is 24.3 Å². The second kappa shape index (κ2) is 7.50. The average molecular weight is 314 g/mol. The highest BCUT2D eigenvalue weighted by Crippen LogP contribution is 2.14. The summed E-state index contributed by atoms with van der Waals surface area (Å²) in [5, 5.41) is 0. The fourth-order valence-corrected chi connectivity index (χ4v) is 2.96. The maximum absolute atomic E-state index is 13.0. The van der Waals surface area contributed by atoms with Crippen LogP contribution in [0, 0.1) is 23.3 Å². The highest BCUT2D eigenvalue weighted by Gasteiger charge is 2.03. The largest absolute Gasteiger partial charge is 0.207 e. The Morgan fingerprint density at radius 3 is 1.24 bits per heavy atom. The molecule has 21 heavy (non-hydrogen) atoms. The van der Waals surface area contributed by atoms with Gasteiger partial charge in [0.05, 0.1) is 0 Å². The summed E-state index contributed by atoms with van der Waals surface area (Å²) in [4.78, 5) is 0. The van der Waals surface area contributed by atoms with E-state index in [0.29, 0.717) is 35.5 Å². The van der Waals surface area contributed by atoms with Gasteiger partial charge in [0.1, 0.15) is 23.3 Å². The maximum atomic E-state index is 13.0. The molecule has 2 rings (SSSR count). The first kappa shape index (κ1) is 15.9. The summed E-state index contributed by atoms with van der Waals surface area (Å²) in [5.41, 5.74) is 1.22. The van der Waals surface area contributed by atoms with Crippen molar-refractivity contribution in [2.24, 2.45) is 0 Å². The van der Waals surface area contributed by atoms with Crippen molar-refractivity contribution >= 4 is 11.8 Å². The van der Waals surface area contributed by atoms with Gasteiger partial charge in [0.25, 0.3) is 0 Å². The van der Waals surface area contributed by atoms with Gasteiger partial charge in [0.15, 0.2) is 0 Å². The monoisotopic (exact) mass is 314 g/mol. The van der Waals surface area contributed by atoms with Gasteiger partial charge >= 0.3 is 0 Å². The van der Waals surface area contributed by atoms with Crippen molar-refractivity contribution in [3.05, 3.63) is 70.8 Å². The molecule has 0 aliphatic carbocycles. The summed E-state index contributed by atoms with van der Waals surface area (Å²) in [6.45, 7) is 0. The third-order valence-electron chi connectivity index (χ3n) is 2.91. The van der Waals surface area contributed by atoms with Crippen LogP contribution in [-0.4, -0.2) is 11.5 Å². The molecule has 0 bridgehead atoms. The molecule has 2 aromatic rings. The second-order valence-electron chi connectivity index (χ2n) is 4.67. The van der Waals surface area contributed by atoms with Crippen molar-refractivity contribution < 1.29 is 17.6 Å². The smallest absolute Gasteiger partial charge is 0.126 e. The third kappa shape index (κ3) is 5.42. The van der Waals surface area contributed by atoms with Crippen molar-refractivity contribution in [1.82, 2.24) is 0 Å². The van der Waals surface area contributed by atoms with Crippen LogP contribution >= 0.6 is 11.8 Å². The standard InChI is InChI=1S/C16H14F4S/c17-13-5-11(6-14(18)9-13)1-3-21-4-2-12-7-15(19)10-16(20)8-12/h5-10H,1-4H2. The molecule has 0 atom stereocenters. The zero-order valence-corrected chi connectivity index (χ0v) is 12.0. The molecule has 0 saturated heterocycles. The lowest BCUT2D eigenvalue weighted by molar-refractivity contribution is 0.579. The van der Waals surface area contributed by atoms with Crippen LogP contribution in [0.25, 0.3) is 0 Å². The Labute approximate surface area is 125 Å². The molecule has 0 amide bonds.